The molecule has 1 aromatic carbocycles. The van der Waals surface area contributed by atoms with Crippen molar-refractivity contribution in [3.8, 4) is 18.1 Å². The fraction of sp³-hybridized carbons (Fsp3) is 0.614. The lowest BCUT2D eigenvalue weighted by Gasteiger charge is -2.38. The first kappa shape index (κ1) is 50.4. The summed E-state index contributed by atoms with van der Waals surface area (Å²) in [6, 6.07) is 5.47. The minimum atomic E-state index is -0.701. The Morgan fingerprint density at radius 2 is 1.34 bits per heavy atom. The van der Waals surface area contributed by atoms with Gasteiger partial charge in [0.15, 0.2) is 0 Å². The van der Waals surface area contributed by atoms with E-state index < -0.39 is 18.2 Å². The minimum absolute atomic E-state index is 0.0568. The maximum absolute atomic E-state index is 14.3. The zero-order chi connectivity index (χ0) is 47.4. The van der Waals surface area contributed by atoms with Crippen molar-refractivity contribution in [2.45, 2.75) is 63.6 Å². The van der Waals surface area contributed by atoms with Crippen molar-refractivity contribution < 1.29 is 39.1 Å². The smallest absolute Gasteiger partial charge is 0.247 e. The van der Waals surface area contributed by atoms with Crippen LogP contribution in [0.3, 0.4) is 0 Å². The lowest BCUT2D eigenvalue weighted by Crippen LogP contribution is -2.52. The quantitative estimate of drug-likeness (QED) is 0.0371. The Morgan fingerprint density at radius 1 is 0.776 bits per heavy atom. The summed E-state index contributed by atoms with van der Waals surface area (Å²) in [5.41, 5.74) is 7.83. The number of rotatable bonds is 27. The SMILES string of the molecule is C#CCOCCOCCOCCNc1nc(N2CCN(C(=O)[C@H](CCCCN)n3cc(CC(C)O)nn3)CC2)nc(N2CCN(C(=O)[C@H](Cc3ccc(O)cc3)n3cc(CCO)nn3)CC2)n1. The van der Waals surface area contributed by atoms with E-state index in [1.165, 1.54) is 0 Å². The summed E-state index contributed by atoms with van der Waals surface area (Å²) in [7, 11) is 0. The summed E-state index contributed by atoms with van der Waals surface area (Å²) in [4.78, 5) is 50.6. The molecule has 23 heteroatoms. The van der Waals surface area contributed by atoms with Gasteiger partial charge in [-0.25, -0.2) is 9.36 Å². The number of phenolic OH excluding ortho intramolecular Hbond substituents is 1. The third kappa shape index (κ3) is 15.2. The molecule has 6 N–H and O–H groups in total. The van der Waals surface area contributed by atoms with Gasteiger partial charge >= 0.3 is 0 Å². The lowest BCUT2D eigenvalue weighted by molar-refractivity contribution is -0.136. The van der Waals surface area contributed by atoms with Crippen molar-refractivity contribution in [3.63, 3.8) is 0 Å². The van der Waals surface area contributed by atoms with Crippen LogP contribution < -0.4 is 20.9 Å². The number of amides is 2. The predicted octanol–water partition coefficient (Wildman–Crippen LogP) is -0.535. The zero-order valence-electron chi connectivity index (χ0n) is 38.3. The fourth-order valence-electron chi connectivity index (χ4n) is 7.75. The second-order valence-corrected chi connectivity index (χ2v) is 16.4. The van der Waals surface area contributed by atoms with Crippen molar-refractivity contribution in [2.24, 2.45) is 5.73 Å². The molecule has 0 bridgehead atoms. The fourth-order valence-corrected chi connectivity index (χ4v) is 7.75. The van der Waals surface area contributed by atoms with Crippen LogP contribution in [0.5, 0.6) is 5.75 Å². The molecule has 3 atom stereocenters. The first-order valence-corrected chi connectivity index (χ1v) is 23.0. The van der Waals surface area contributed by atoms with Crippen LogP contribution in [-0.4, -0.2) is 200 Å². The van der Waals surface area contributed by atoms with Crippen LogP contribution in [0, 0.1) is 12.3 Å². The Hall–Kier alpha value is -6.03. The number of aromatic hydroxyl groups is 1. The molecular weight excluding hydrogens is 867 g/mol. The second-order valence-electron chi connectivity index (χ2n) is 16.4. The standard InChI is InChI=1S/C44H65N15O8/c1-3-23-65-25-27-67-28-26-66-24-13-46-42-47-43(56-18-14-54(15-19-56)40(63)38(6-4-5-12-45)58-32-36(51-53-58)29-33(2)61)49-44(48-42)57-20-16-55(17-21-57)41(64)39(30-34-7-9-37(62)10-8-34)59-31-35(11-22-60)50-52-59/h1,7-10,31-33,38-39,60-62H,4-6,11-30,45H2,2H3,(H,46,47,48,49)/t33?,38-,39-/m0/s1. The van der Waals surface area contributed by atoms with Gasteiger partial charge in [0.2, 0.25) is 29.7 Å². The maximum atomic E-state index is 14.3. The number of nitrogens with two attached hydrogens (primary N) is 1. The molecule has 6 rings (SSSR count). The Balaban J connectivity index is 1.12. The van der Waals surface area contributed by atoms with Gasteiger partial charge in [-0.15, -0.1) is 16.6 Å². The van der Waals surface area contributed by atoms with Gasteiger partial charge in [-0.2, -0.15) is 15.0 Å². The molecule has 1 unspecified atom stereocenters. The Morgan fingerprint density at radius 3 is 1.94 bits per heavy atom. The van der Waals surface area contributed by atoms with E-state index in [-0.39, 0.29) is 30.8 Å². The largest absolute Gasteiger partial charge is 0.508 e. The topological polar surface area (TPSA) is 274 Å². The van der Waals surface area contributed by atoms with E-state index in [0.29, 0.717) is 153 Å². The number of carbonyl (C=O) groups excluding carboxylic acids is 2. The minimum Gasteiger partial charge on any atom is -0.508 e. The average Bonchev–Trinajstić information content (AvgIpc) is 4.01. The van der Waals surface area contributed by atoms with Gasteiger partial charge in [0.05, 0.1) is 50.5 Å². The van der Waals surface area contributed by atoms with Crippen molar-refractivity contribution in [3.05, 3.63) is 53.6 Å². The van der Waals surface area contributed by atoms with Gasteiger partial charge in [0.25, 0.3) is 0 Å². The summed E-state index contributed by atoms with van der Waals surface area (Å²) in [5, 5.41) is 49.4. The number of aromatic nitrogens is 9. The first-order chi connectivity index (χ1) is 32.6. The summed E-state index contributed by atoms with van der Waals surface area (Å²) in [6.45, 7) is 8.23. The predicted molar refractivity (Wildman–Crippen MR) is 246 cm³/mol. The van der Waals surface area contributed by atoms with E-state index in [1.807, 2.05) is 14.7 Å². The molecule has 67 heavy (non-hydrogen) atoms. The average molecular weight is 932 g/mol. The molecular formula is C44H65N15O8. The molecule has 0 spiro atoms. The van der Waals surface area contributed by atoms with Crippen LogP contribution in [0.1, 0.15) is 55.2 Å². The van der Waals surface area contributed by atoms with E-state index >= 15 is 0 Å². The van der Waals surface area contributed by atoms with E-state index in [1.54, 1.807) is 57.8 Å². The van der Waals surface area contributed by atoms with Crippen molar-refractivity contribution >= 4 is 29.7 Å². The molecule has 23 nitrogen and oxygen atoms in total. The summed E-state index contributed by atoms with van der Waals surface area (Å²) >= 11 is 0. The highest BCUT2D eigenvalue weighted by molar-refractivity contribution is 5.81. The van der Waals surface area contributed by atoms with E-state index in [4.69, 9.17) is 41.3 Å². The number of benzene rings is 1. The number of piperazine rings is 2. The molecule has 2 fully saturated rings. The Bertz CT molecular complexity index is 2150. The van der Waals surface area contributed by atoms with E-state index in [2.05, 4.69) is 31.9 Å². The number of unbranched alkanes of at least 4 members (excludes halogenated alkanes) is 1. The molecule has 0 aliphatic carbocycles. The number of aliphatic hydroxyl groups excluding tert-OH is 2. The van der Waals surface area contributed by atoms with Crippen LogP contribution in [-0.2, 0) is 43.1 Å². The van der Waals surface area contributed by atoms with Crippen LogP contribution in [0.25, 0.3) is 0 Å². The molecule has 364 valence electrons. The maximum Gasteiger partial charge on any atom is 0.247 e. The summed E-state index contributed by atoms with van der Waals surface area (Å²) in [6.07, 6.45) is 11.1. The number of nitrogens with zero attached hydrogens (tertiary/aromatic N) is 13. The van der Waals surface area contributed by atoms with Crippen molar-refractivity contribution in [1.29, 1.82) is 0 Å². The monoisotopic (exact) mass is 932 g/mol. The normalized spacial score (nSPS) is 15.6. The number of terminal acetylenes is 1. The molecule has 0 saturated carbocycles. The number of ether oxygens (including phenoxy) is 3. The Labute approximate surface area is 390 Å². The molecule has 2 amide bonds. The third-order valence-electron chi connectivity index (χ3n) is 11.3. The van der Waals surface area contributed by atoms with E-state index in [0.717, 1.165) is 18.4 Å². The molecule has 3 aromatic heterocycles. The van der Waals surface area contributed by atoms with Gasteiger partial charge in [0.1, 0.15) is 24.4 Å². The van der Waals surface area contributed by atoms with Gasteiger partial charge in [-0.3, -0.25) is 9.59 Å². The molecule has 2 aliphatic rings. The number of carbonyl (C=O) groups is 2. The molecule has 4 aromatic rings. The lowest BCUT2D eigenvalue weighted by atomic mass is 10.0. The van der Waals surface area contributed by atoms with E-state index in [9.17, 15) is 24.9 Å². The summed E-state index contributed by atoms with van der Waals surface area (Å²) < 4.78 is 19.7. The van der Waals surface area contributed by atoms with Crippen molar-refractivity contribution in [2.75, 3.05) is 127 Å². The molecule has 5 heterocycles. The molecule has 0 radical (unpaired) electrons. The first-order valence-electron chi connectivity index (χ1n) is 23.0. The van der Waals surface area contributed by atoms with Crippen LogP contribution in [0.4, 0.5) is 17.8 Å². The number of hydrogen-bond acceptors (Lipinski definition) is 19. The van der Waals surface area contributed by atoms with Gasteiger partial charge in [0, 0.05) is 97.2 Å². The highest BCUT2D eigenvalue weighted by Crippen LogP contribution is 2.25. The second kappa shape index (κ2) is 26.3. The van der Waals surface area contributed by atoms with Gasteiger partial charge < -0.3 is 60.2 Å². The highest BCUT2D eigenvalue weighted by Gasteiger charge is 2.33. The number of aliphatic hydroxyl groups is 2. The number of anilines is 3. The van der Waals surface area contributed by atoms with Crippen molar-refractivity contribution in [1.82, 2.24) is 54.7 Å². The number of nitrogens with one attached hydrogen (secondary N) is 1. The van der Waals surface area contributed by atoms with Crippen LogP contribution >= 0.6 is 0 Å². The third-order valence-corrected chi connectivity index (χ3v) is 11.3. The zero-order valence-corrected chi connectivity index (χ0v) is 38.3. The molecule has 2 saturated heterocycles. The summed E-state index contributed by atoms with van der Waals surface area (Å²) in [5.74, 6) is 3.62. The Kier molecular flexibility index (Phi) is 19.8. The van der Waals surface area contributed by atoms with Crippen LogP contribution in [0.15, 0.2) is 36.7 Å². The number of hydrogen-bond donors (Lipinski definition) is 5. The highest BCUT2D eigenvalue weighted by atomic mass is 16.5. The van der Waals surface area contributed by atoms with Crippen LogP contribution in [0.2, 0.25) is 0 Å². The number of phenols is 1. The van der Waals surface area contributed by atoms with Gasteiger partial charge in [-0.1, -0.05) is 28.5 Å². The van der Waals surface area contributed by atoms with Gasteiger partial charge in [-0.05, 0) is 50.4 Å². The molecule has 2 aliphatic heterocycles.